The summed E-state index contributed by atoms with van der Waals surface area (Å²) in [7, 11) is 0. The third kappa shape index (κ3) is 5.15. The minimum Gasteiger partial charge on any atom is -0.449 e. The molecule has 2 fully saturated rings. The highest BCUT2D eigenvalue weighted by Crippen LogP contribution is 2.21. The summed E-state index contributed by atoms with van der Waals surface area (Å²) < 4.78 is 5.27. The summed E-state index contributed by atoms with van der Waals surface area (Å²) in [6.07, 6.45) is 5.83. The number of piperidine rings is 1. The molecule has 0 aromatic heterocycles. The molecule has 0 unspecified atom stereocenters. The summed E-state index contributed by atoms with van der Waals surface area (Å²) in [4.78, 5) is 13.7. The van der Waals surface area contributed by atoms with Crippen LogP contribution in [0.3, 0.4) is 0 Å². The number of likely N-dealkylation sites (tertiary alicyclic amines) is 1. The lowest BCUT2D eigenvalue weighted by Gasteiger charge is -2.36. The van der Waals surface area contributed by atoms with Gasteiger partial charge in [0.05, 0.1) is 12.7 Å². The first-order valence-corrected chi connectivity index (χ1v) is 8.42. The van der Waals surface area contributed by atoms with Crippen molar-refractivity contribution in [1.82, 2.24) is 10.2 Å². The number of hydrogen-bond acceptors (Lipinski definition) is 4. The van der Waals surface area contributed by atoms with E-state index in [2.05, 4.69) is 5.32 Å². The normalized spacial score (nSPS) is 27.9. The van der Waals surface area contributed by atoms with Crippen molar-refractivity contribution < 1.29 is 14.6 Å². The maximum atomic E-state index is 11.9. The van der Waals surface area contributed by atoms with E-state index in [0.717, 1.165) is 45.2 Å². The van der Waals surface area contributed by atoms with Crippen LogP contribution in [0.25, 0.3) is 0 Å². The molecule has 122 valence electrons. The van der Waals surface area contributed by atoms with E-state index in [0.29, 0.717) is 18.6 Å². The Labute approximate surface area is 128 Å². The maximum absolute atomic E-state index is 11.9. The van der Waals surface area contributed by atoms with Gasteiger partial charge in [-0.2, -0.15) is 0 Å². The smallest absolute Gasteiger partial charge is 0.409 e. The molecule has 1 saturated carbocycles. The largest absolute Gasteiger partial charge is 0.449 e. The molecule has 21 heavy (non-hydrogen) atoms. The van der Waals surface area contributed by atoms with E-state index in [1.807, 2.05) is 13.8 Å². The Hall–Kier alpha value is -0.810. The van der Waals surface area contributed by atoms with E-state index < -0.39 is 0 Å². The maximum Gasteiger partial charge on any atom is 0.409 e. The molecule has 0 spiro atoms. The van der Waals surface area contributed by atoms with E-state index in [9.17, 15) is 9.90 Å². The van der Waals surface area contributed by atoms with Crippen molar-refractivity contribution in [3.63, 3.8) is 0 Å². The number of aliphatic hydroxyl groups excluding tert-OH is 1. The summed E-state index contributed by atoms with van der Waals surface area (Å²) in [5.41, 5.74) is 0. The van der Waals surface area contributed by atoms with Crippen LogP contribution in [0.15, 0.2) is 0 Å². The number of hydrogen-bond donors (Lipinski definition) is 2. The molecule has 0 radical (unpaired) electrons. The van der Waals surface area contributed by atoms with Crippen LogP contribution in [0.1, 0.15) is 52.4 Å². The number of aliphatic hydroxyl groups is 1. The molecule has 1 aliphatic carbocycles. The van der Waals surface area contributed by atoms with E-state index in [1.54, 1.807) is 4.90 Å². The highest BCUT2D eigenvalue weighted by Gasteiger charge is 2.29. The molecule has 0 bridgehead atoms. The van der Waals surface area contributed by atoms with Gasteiger partial charge in [0.25, 0.3) is 0 Å². The average molecular weight is 298 g/mol. The lowest BCUT2D eigenvalue weighted by atomic mass is 9.91. The third-order valence-corrected chi connectivity index (χ3v) is 4.47. The summed E-state index contributed by atoms with van der Waals surface area (Å²) in [5.74, 6) is 0.376. The average Bonchev–Trinajstić information content (AvgIpc) is 2.48. The van der Waals surface area contributed by atoms with Crippen LogP contribution >= 0.6 is 0 Å². The first kappa shape index (κ1) is 16.6. The molecule has 5 heteroatoms. The number of nitrogens with zero attached hydrogens (tertiary/aromatic N) is 1. The Kier molecular flexibility index (Phi) is 6.30. The predicted octanol–water partition coefficient (Wildman–Crippen LogP) is 2.14. The molecule has 0 aromatic carbocycles. The number of amides is 1. The van der Waals surface area contributed by atoms with Gasteiger partial charge < -0.3 is 20.1 Å². The fourth-order valence-corrected chi connectivity index (χ4v) is 3.17. The molecule has 2 N–H and O–H groups in total. The molecule has 5 nitrogen and oxygen atoms in total. The lowest BCUT2D eigenvalue weighted by molar-refractivity contribution is 0.0656. The van der Waals surface area contributed by atoms with Crippen molar-refractivity contribution >= 4 is 6.09 Å². The summed E-state index contributed by atoms with van der Waals surface area (Å²) >= 11 is 0. The van der Waals surface area contributed by atoms with Gasteiger partial charge in [-0.15, -0.1) is 0 Å². The van der Waals surface area contributed by atoms with E-state index >= 15 is 0 Å². The van der Waals surface area contributed by atoms with Crippen molar-refractivity contribution in [1.29, 1.82) is 0 Å². The molecule has 2 aliphatic rings. The van der Waals surface area contributed by atoms with Gasteiger partial charge in [-0.1, -0.05) is 26.7 Å². The zero-order chi connectivity index (χ0) is 15.2. The van der Waals surface area contributed by atoms with Gasteiger partial charge in [-0.3, -0.25) is 0 Å². The number of rotatable bonds is 4. The van der Waals surface area contributed by atoms with E-state index in [1.165, 1.54) is 6.42 Å². The standard InChI is InChI=1S/C16H30N2O3/c1-12(2)11-21-16(20)18-9-7-13(8-10-18)17-14-5-3-4-6-15(14)19/h12-15,17,19H,3-11H2,1-2H3/t14-,15-/m1/s1. The van der Waals surface area contributed by atoms with Gasteiger partial charge in [0, 0.05) is 25.2 Å². The molecule has 1 saturated heterocycles. The molecule has 2 atom stereocenters. The summed E-state index contributed by atoms with van der Waals surface area (Å²) in [5, 5.41) is 13.6. The molecular formula is C16H30N2O3. The van der Waals surface area contributed by atoms with Gasteiger partial charge in [0.15, 0.2) is 0 Å². The highest BCUT2D eigenvalue weighted by molar-refractivity contribution is 5.67. The topological polar surface area (TPSA) is 61.8 Å². The fraction of sp³-hybridized carbons (Fsp3) is 0.938. The van der Waals surface area contributed by atoms with Gasteiger partial charge in [-0.25, -0.2) is 4.79 Å². The molecule has 1 heterocycles. The Balaban J connectivity index is 1.69. The number of carbonyl (C=O) groups is 1. The molecule has 0 aromatic rings. The van der Waals surface area contributed by atoms with E-state index in [4.69, 9.17) is 4.74 Å². The minimum atomic E-state index is -0.201. The van der Waals surface area contributed by atoms with Crippen LogP contribution in [-0.4, -0.2) is 54.0 Å². The highest BCUT2D eigenvalue weighted by atomic mass is 16.6. The van der Waals surface area contributed by atoms with Crippen molar-refractivity contribution in [2.45, 2.75) is 70.6 Å². The van der Waals surface area contributed by atoms with Crippen molar-refractivity contribution in [3.05, 3.63) is 0 Å². The molecule has 1 amide bonds. The van der Waals surface area contributed by atoms with Gasteiger partial charge in [-0.05, 0) is 31.6 Å². The molecular weight excluding hydrogens is 268 g/mol. The summed E-state index contributed by atoms with van der Waals surface area (Å²) in [6.45, 7) is 6.07. The second kappa shape index (κ2) is 7.99. The molecule has 2 rings (SSSR count). The first-order valence-electron chi connectivity index (χ1n) is 8.42. The van der Waals surface area contributed by atoms with Crippen LogP contribution in [0.4, 0.5) is 4.79 Å². The Morgan fingerprint density at radius 1 is 1.24 bits per heavy atom. The zero-order valence-corrected chi connectivity index (χ0v) is 13.4. The lowest BCUT2D eigenvalue weighted by Crippen LogP contribution is -2.51. The monoisotopic (exact) mass is 298 g/mol. The fourth-order valence-electron chi connectivity index (χ4n) is 3.17. The second-order valence-electron chi connectivity index (χ2n) is 6.86. The predicted molar refractivity (Wildman–Crippen MR) is 82.2 cm³/mol. The Bertz CT molecular complexity index is 327. The van der Waals surface area contributed by atoms with Gasteiger partial charge in [0.1, 0.15) is 0 Å². The summed E-state index contributed by atoms with van der Waals surface area (Å²) in [6, 6.07) is 0.653. The van der Waals surface area contributed by atoms with Gasteiger partial charge in [0.2, 0.25) is 0 Å². The second-order valence-corrected chi connectivity index (χ2v) is 6.86. The zero-order valence-electron chi connectivity index (χ0n) is 13.4. The SMILES string of the molecule is CC(C)COC(=O)N1CCC(N[C@@H]2CCCC[C@H]2O)CC1. The number of ether oxygens (including phenoxy) is 1. The van der Waals surface area contributed by atoms with Crippen molar-refractivity contribution in [3.8, 4) is 0 Å². The van der Waals surface area contributed by atoms with Crippen LogP contribution in [-0.2, 0) is 4.74 Å². The number of nitrogens with one attached hydrogen (secondary N) is 1. The number of carbonyl (C=O) groups excluding carboxylic acids is 1. The minimum absolute atomic E-state index is 0.181. The Morgan fingerprint density at radius 2 is 1.90 bits per heavy atom. The van der Waals surface area contributed by atoms with Crippen molar-refractivity contribution in [2.75, 3.05) is 19.7 Å². The van der Waals surface area contributed by atoms with Crippen LogP contribution in [0.2, 0.25) is 0 Å². The van der Waals surface area contributed by atoms with Crippen molar-refractivity contribution in [2.24, 2.45) is 5.92 Å². The van der Waals surface area contributed by atoms with Crippen LogP contribution < -0.4 is 5.32 Å². The quantitative estimate of drug-likeness (QED) is 0.835. The van der Waals surface area contributed by atoms with Gasteiger partial charge >= 0.3 is 6.09 Å². The Morgan fingerprint density at radius 3 is 2.52 bits per heavy atom. The first-order chi connectivity index (χ1) is 10.1. The molecule has 1 aliphatic heterocycles. The third-order valence-electron chi connectivity index (χ3n) is 4.47. The van der Waals surface area contributed by atoms with Crippen LogP contribution in [0.5, 0.6) is 0 Å². The van der Waals surface area contributed by atoms with Crippen LogP contribution in [0, 0.1) is 5.92 Å². The van der Waals surface area contributed by atoms with E-state index in [-0.39, 0.29) is 18.2 Å².